The Bertz CT molecular complexity index is 473. The first-order valence-corrected chi connectivity index (χ1v) is 9.35. The molecule has 4 nitrogen and oxygen atoms in total. The Morgan fingerprint density at radius 2 is 2.18 bits per heavy atom. The van der Waals surface area contributed by atoms with Crippen LogP contribution in [0, 0.1) is 0 Å². The number of hydrogen-bond donors (Lipinski definition) is 2. The second-order valence-corrected chi connectivity index (χ2v) is 6.83. The number of amides is 1. The molecule has 1 aliphatic rings. The molecule has 0 aliphatic carbocycles. The lowest BCUT2D eigenvalue weighted by molar-refractivity contribution is -0.122. The maximum Gasteiger partial charge on any atom is 0.220 e. The first-order chi connectivity index (χ1) is 10.7. The van der Waals surface area contributed by atoms with Crippen LogP contribution in [0.15, 0.2) is 24.3 Å². The van der Waals surface area contributed by atoms with E-state index < -0.39 is 0 Å². The van der Waals surface area contributed by atoms with Crippen LogP contribution in [0.25, 0.3) is 0 Å². The highest BCUT2D eigenvalue weighted by Crippen LogP contribution is 2.14. The molecule has 0 bridgehead atoms. The number of nitrogens with one attached hydrogen (secondary N) is 1. The van der Waals surface area contributed by atoms with Crippen LogP contribution in [0.5, 0.6) is 5.75 Å². The van der Waals surface area contributed by atoms with Crippen molar-refractivity contribution in [3.8, 4) is 5.75 Å². The van der Waals surface area contributed by atoms with E-state index in [1.54, 1.807) is 12.1 Å². The summed E-state index contributed by atoms with van der Waals surface area (Å²) in [6, 6.07) is 7.44. The van der Waals surface area contributed by atoms with Gasteiger partial charge in [0.2, 0.25) is 5.91 Å². The molecule has 2 N–H and O–H groups in total. The molecular weight excluding hydrogens is 296 g/mol. The van der Waals surface area contributed by atoms with Crippen molar-refractivity contribution in [1.29, 1.82) is 0 Å². The van der Waals surface area contributed by atoms with Crippen LogP contribution in [-0.2, 0) is 11.2 Å². The molecule has 0 aromatic heterocycles. The van der Waals surface area contributed by atoms with E-state index in [4.69, 9.17) is 0 Å². The quantitative estimate of drug-likeness (QED) is 0.808. The summed E-state index contributed by atoms with van der Waals surface area (Å²) in [5.41, 5.74) is 1.00. The monoisotopic (exact) mass is 322 g/mol. The summed E-state index contributed by atoms with van der Waals surface area (Å²) in [6.45, 7) is 3.31. The van der Waals surface area contributed by atoms with Gasteiger partial charge in [0.25, 0.3) is 0 Å². The molecule has 1 aliphatic heterocycles. The van der Waals surface area contributed by atoms with Gasteiger partial charge < -0.3 is 15.3 Å². The van der Waals surface area contributed by atoms with Gasteiger partial charge in [0.15, 0.2) is 0 Å². The first kappa shape index (κ1) is 17.2. The van der Waals surface area contributed by atoms with E-state index in [1.807, 2.05) is 23.9 Å². The van der Waals surface area contributed by atoms with Crippen LogP contribution >= 0.6 is 11.8 Å². The summed E-state index contributed by atoms with van der Waals surface area (Å²) in [5, 5.41) is 12.6. The van der Waals surface area contributed by atoms with Crippen LogP contribution in [0.2, 0.25) is 0 Å². The standard InChI is InChI=1S/C17H26N2O2S/c1-22-12-11-19-9-7-15(8-10-19)18-17(21)6-5-14-3-2-4-16(20)13-14/h2-4,13,15,20H,5-12H2,1H3,(H,18,21). The summed E-state index contributed by atoms with van der Waals surface area (Å²) in [7, 11) is 0. The zero-order valence-corrected chi connectivity index (χ0v) is 14.1. The Hall–Kier alpha value is -1.20. The van der Waals surface area contributed by atoms with Crippen molar-refractivity contribution in [2.45, 2.75) is 31.7 Å². The minimum absolute atomic E-state index is 0.117. The number of phenolic OH excluding ortho intramolecular Hbond substituents is 1. The Morgan fingerprint density at radius 1 is 1.41 bits per heavy atom. The van der Waals surface area contributed by atoms with E-state index in [1.165, 1.54) is 5.75 Å². The van der Waals surface area contributed by atoms with E-state index in [0.717, 1.165) is 38.0 Å². The molecule has 1 aromatic rings. The molecule has 22 heavy (non-hydrogen) atoms. The molecule has 5 heteroatoms. The largest absolute Gasteiger partial charge is 0.508 e. The van der Waals surface area contributed by atoms with E-state index in [2.05, 4.69) is 16.5 Å². The van der Waals surface area contributed by atoms with Crippen LogP contribution < -0.4 is 5.32 Å². The van der Waals surface area contributed by atoms with Crippen LogP contribution in [0.3, 0.4) is 0 Å². The smallest absolute Gasteiger partial charge is 0.220 e. The van der Waals surface area contributed by atoms with Crippen molar-refractivity contribution >= 4 is 17.7 Å². The number of carbonyl (C=O) groups excluding carboxylic acids is 1. The zero-order chi connectivity index (χ0) is 15.8. The molecule has 1 heterocycles. The minimum atomic E-state index is 0.117. The maximum absolute atomic E-state index is 12.0. The molecule has 0 atom stereocenters. The highest BCUT2D eigenvalue weighted by molar-refractivity contribution is 7.98. The average molecular weight is 322 g/mol. The van der Waals surface area contributed by atoms with Gasteiger partial charge in [-0.05, 0) is 43.2 Å². The van der Waals surface area contributed by atoms with Gasteiger partial charge in [-0.25, -0.2) is 0 Å². The number of benzene rings is 1. The summed E-state index contributed by atoms with van der Waals surface area (Å²) < 4.78 is 0. The number of piperidine rings is 1. The predicted molar refractivity (Wildman–Crippen MR) is 92.4 cm³/mol. The van der Waals surface area contributed by atoms with E-state index >= 15 is 0 Å². The number of likely N-dealkylation sites (tertiary alicyclic amines) is 1. The number of thioether (sulfide) groups is 1. The average Bonchev–Trinajstić information content (AvgIpc) is 2.52. The fraction of sp³-hybridized carbons (Fsp3) is 0.588. The van der Waals surface area contributed by atoms with Gasteiger partial charge >= 0.3 is 0 Å². The van der Waals surface area contributed by atoms with Gasteiger partial charge in [0.1, 0.15) is 5.75 Å². The molecule has 0 spiro atoms. The molecule has 1 saturated heterocycles. The summed E-state index contributed by atoms with van der Waals surface area (Å²) in [5.74, 6) is 1.56. The van der Waals surface area contributed by atoms with Crippen LogP contribution in [0.4, 0.5) is 0 Å². The van der Waals surface area contributed by atoms with E-state index in [-0.39, 0.29) is 11.7 Å². The lowest BCUT2D eigenvalue weighted by Crippen LogP contribution is -2.45. The zero-order valence-electron chi connectivity index (χ0n) is 13.3. The van der Waals surface area contributed by atoms with Gasteiger partial charge in [0, 0.05) is 37.8 Å². The van der Waals surface area contributed by atoms with Gasteiger partial charge in [-0.1, -0.05) is 12.1 Å². The minimum Gasteiger partial charge on any atom is -0.508 e. The van der Waals surface area contributed by atoms with Crippen molar-refractivity contribution in [2.24, 2.45) is 0 Å². The molecule has 2 rings (SSSR count). The molecule has 0 unspecified atom stereocenters. The van der Waals surface area contributed by atoms with Crippen LogP contribution in [0.1, 0.15) is 24.8 Å². The van der Waals surface area contributed by atoms with E-state index in [0.29, 0.717) is 18.9 Å². The topological polar surface area (TPSA) is 52.6 Å². The lowest BCUT2D eigenvalue weighted by atomic mass is 10.0. The molecule has 1 aromatic carbocycles. The number of aryl methyl sites for hydroxylation is 1. The highest BCUT2D eigenvalue weighted by Gasteiger charge is 2.20. The predicted octanol–water partition coefficient (Wildman–Crippen LogP) is 2.27. The number of carbonyl (C=O) groups is 1. The molecule has 0 radical (unpaired) electrons. The second-order valence-electron chi connectivity index (χ2n) is 5.85. The fourth-order valence-electron chi connectivity index (χ4n) is 2.79. The van der Waals surface area contributed by atoms with Crippen molar-refractivity contribution in [1.82, 2.24) is 10.2 Å². The number of aromatic hydroxyl groups is 1. The van der Waals surface area contributed by atoms with Crippen LogP contribution in [-0.4, -0.2) is 53.6 Å². The second kappa shape index (κ2) is 9.06. The Labute approximate surface area is 137 Å². The number of nitrogens with zero attached hydrogens (tertiary/aromatic N) is 1. The Morgan fingerprint density at radius 3 is 2.86 bits per heavy atom. The molecule has 122 valence electrons. The first-order valence-electron chi connectivity index (χ1n) is 7.96. The molecule has 1 amide bonds. The maximum atomic E-state index is 12.0. The summed E-state index contributed by atoms with van der Waals surface area (Å²) in [6.07, 6.45) is 5.39. The third-order valence-electron chi connectivity index (χ3n) is 4.12. The number of hydrogen-bond acceptors (Lipinski definition) is 4. The Kier molecular flexibility index (Phi) is 7.06. The van der Waals surface area contributed by atoms with Crippen molar-refractivity contribution < 1.29 is 9.90 Å². The molecule has 0 saturated carbocycles. The van der Waals surface area contributed by atoms with Gasteiger partial charge in [-0.15, -0.1) is 0 Å². The number of rotatable bonds is 7. The normalized spacial score (nSPS) is 16.6. The molecule has 1 fully saturated rings. The van der Waals surface area contributed by atoms with Crippen molar-refractivity contribution in [2.75, 3.05) is 31.6 Å². The third kappa shape index (κ3) is 5.89. The van der Waals surface area contributed by atoms with Crippen molar-refractivity contribution in [3.63, 3.8) is 0 Å². The van der Waals surface area contributed by atoms with Gasteiger partial charge in [-0.3, -0.25) is 4.79 Å². The van der Waals surface area contributed by atoms with Crippen molar-refractivity contribution in [3.05, 3.63) is 29.8 Å². The van der Waals surface area contributed by atoms with Gasteiger partial charge in [0.05, 0.1) is 0 Å². The third-order valence-corrected chi connectivity index (χ3v) is 4.71. The summed E-state index contributed by atoms with van der Waals surface area (Å²) >= 11 is 1.88. The fourth-order valence-corrected chi connectivity index (χ4v) is 3.23. The Balaban J connectivity index is 1.65. The number of phenols is 1. The molecular formula is C17H26N2O2S. The highest BCUT2D eigenvalue weighted by atomic mass is 32.2. The SMILES string of the molecule is CSCCN1CCC(NC(=O)CCc2cccc(O)c2)CC1. The summed E-state index contributed by atoms with van der Waals surface area (Å²) in [4.78, 5) is 14.5. The van der Waals surface area contributed by atoms with E-state index in [9.17, 15) is 9.90 Å². The van der Waals surface area contributed by atoms with Gasteiger partial charge in [-0.2, -0.15) is 11.8 Å². The lowest BCUT2D eigenvalue weighted by Gasteiger charge is -2.32.